The Bertz CT molecular complexity index is 935. The van der Waals surface area contributed by atoms with Gasteiger partial charge in [0.15, 0.2) is 5.13 Å². The van der Waals surface area contributed by atoms with E-state index in [-0.39, 0.29) is 5.91 Å². The van der Waals surface area contributed by atoms with Crippen LogP contribution in [0.1, 0.15) is 9.67 Å². The minimum Gasteiger partial charge on any atom is -0.457 e. The third kappa shape index (κ3) is 4.00. The molecule has 0 spiro atoms. The first-order valence-electron chi connectivity index (χ1n) is 9.26. The monoisotopic (exact) mass is 394 g/mol. The number of piperazine rings is 1. The van der Waals surface area contributed by atoms with E-state index < -0.39 is 0 Å². The van der Waals surface area contributed by atoms with Crippen LogP contribution in [0, 0.1) is 0 Å². The van der Waals surface area contributed by atoms with Crippen LogP contribution in [0.3, 0.4) is 0 Å². The Morgan fingerprint density at radius 3 is 2.43 bits per heavy atom. The van der Waals surface area contributed by atoms with Crippen molar-refractivity contribution in [3.63, 3.8) is 0 Å². The number of hydrogen-bond acceptors (Lipinski definition) is 6. The summed E-state index contributed by atoms with van der Waals surface area (Å²) in [6.07, 6.45) is 0. The highest BCUT2D eigenvalue weighted by atomic mass is 32.1. The molecule has 2 aromatic carbocycles. The van der Waals surface area contributed by atoms with Gasteiger partial charge in [-0.05, 0) is 36.4 Å². The first-order chi connectivity index (χ1) is 13.7. The van der Waals surface area contributed by atoms with Gasteiger partial charge >= 0.3 is 0 Å². The van der Waals surface area contributed by atoms with E-state index in [1.165, 1.54) is 11.3 Å². The second-order valence-corrected chi connectivity index (χ2v) is 7.41. The van der Waals surface area contributed by atoms with Gasteiger partial charge in [-0.3, -0.25) is 4.79 Å². The van der Waals surface area contributed by atoms with Gasteiger partial charge in [-0.2, -0.15) is 0 Å². The number of carbonyl (C=O) groups excluding carboxylic acids is 1. The Kier molecular flexibility index (Phi) is 5.55. The lowest BCUT2D eigenvalue weighted by Crippen LogP contribution is -2.43. The summed E-state index contributed by atoms with van der Waals surface area (Å²) >= 11 is 1.44. The molecular formula is C21H22N4O2S. The molecule has 1 aromatic heterocycles. The first-order valence-corrected chi connectivity index (χ1v) is 10.1. The van der Waals surface area contributed by atoms with Crippen LogP contribution in [0.5, 0.6) is 11.5 Å². The van der Waals surface area contributed by atoms with Crippen molar-refractivity contribution in [2.24, 2.45) is 0 Å². The number of benzene rings is 2. The van der Waals surface area contributed by atoms with Crippen molar-refractivity contribution in [2.75, 3.05) is 38.1 Å². The van der Waals surface area contributed by atoms with Crippen molar-refractivity contribution in [3.05, 3.63) is 59.5 Å². The van der Waals surface area contributed by atoms with E-state index in [9.17, 15) is 4.79 Å². The normalized spacial score (nSPS) is 14.0. The molecule has 7 heteroatoms. The van der Waals surface area contributed by atoms with Gasteiger partial charge in [0, 0.05) is 38.8 Å². The molecule has 0 aliphatic carbocycles. The fraction of sp³-hybridized carbons (Fsp3) is 0.238. The fourth-order valence-electron chi connectivity index (χ4n) is 3.07. The van der Waals surface area contributed by atoms with E-state index in [0.29, 0.717) is 10.6 Å². The summed E-state index contributed by atoms with van der Waals surface area (Å²) < 4.78 is 5.86. The van der Waals surface area contributed by atoms with Crippen LogP contribution in [0.4, 0.5) is 5.13 Å². The number of carbonyl (C=O) groups is 1. The van der Waals surface area contributed by atoms with Crippen LogP contribution in [0.15, 0.2) is 54.6 Å². The first kappa shape index (κ1) is 18.5. The lowest BCUT2D eigenvalue weighted by atomic mass is 10.1. The number of nitrogens with zero attached hydrogens (tertiary/aromatic N) is 2. The minimum absolute atomic E-state index is 0.113. The summed E-state index contributed by atoms with van der Waals surface area (Å²) in [5, 5.41) is 6.96. The van der Waals surface area contributed by atoms with Crippen molar-refractivity contribution in [1.29, 1.82) is 0 Å². The summed E-state index contributed by atoms with van der Waals surface area (Å²) in [7, 11) is 1.65. The van der Waals surface area contributed by atoms with Crippen LogP contribution >= 0.6 is 11.3 Å². The molecule has 3 aromatic rings. The van der Waals surface area contributed by atoms with Crippen LogP contribution in [0.25, 0.3) is 11.3 Å². The predicted octanol–water partition coefficient (Wildman–Crippen LogP) is 3.37. The second-order valence-electron chi connectivity index (χ2n) is 6.43. The molecule has 1 amide bonds. The molecule has 2 N–H and O–H groups in total. The molecule has 1 saturated heterocycles. The lowest BCUT2D eigenvalue weighted by Gasteiger charge is -2.26. The Hall–Kier alpha value is -2.90. The van der Waals surface area contributed by atoms with Gasteiger partial charge in [0.25, 0.3) is 5.91 Å². The predicted molar refractivity (Wildman–Crippen MR) is 113 cm³/mol. The average molecular weight is 395 g/mol. The molecule has 6 nitrogen and oxygen atoms in total. The number of hydrogen-bond donors (Lipinski definition) is 2. The van der Waals surface area contributed by atoms with Gasteiger partial charge in [0.2, 0.25) is 0 Å². The number of anilines is 1. The maximum Gasteiger partial charge on any atom is 0.263 e. The summed E-state index contributed by atoms with van der Waals surface area (Å²) in [5.41, 5.74) is 1.61. The molecule has 0 saturated carbocycles. The number of aromatic nitrogens is 1. The van der Waals surface area contributed by atoms with E-state index in [1.807, 2.05) is 54.6 Å². The van der Waals surface area contributed by atoms with Crippen LogP contribution < -0.4 is 20.3 Å². The van der Waals surface area contributed by atoms with Crippen LogP contribution in [-0.2, 0) is 0 Å². The SMILES string of the molecule is CNC(=O)c1sc(N2CCNCC2)nc1-c1ccc(Oc2ccccc2)cc1. The zero-order valence-electron chi connectivity index (χ0n) is 15.6. The molecule has 28 heavy (non-hydrogen) atoms. The van der Waals surface area contributed by atoms with E-state index >= 15 is 0 Å². The number of thiazole rings is 1. The molecule has 1 aliphatic rings. The highest BCUT2D eigenvalue weighted by Gasteiger charge is 2.22. The average Bonchev–Trinajstić information content (AvgIpc) is 3.21. The minimum atomic E-state index is -0.113. The molecule has 2 heterocycles. The van der Waals surface area contributed by atoms with E-state index in [0.717, 1.165) is 48.4 Å². The van der Waals surface area contributed by atoms with E-state index in [2.05, 4.69) is 15.5 Å². The summed E-state index contributed by atoms with van der Waals surface area (Å²) in [6, 6.07) is 17.4. The van der Waals surface area contributed by atoms with E-state index in [4.69, 9.17) is 9.72 Å². The van der Waals surface area contributed by atoms with Gasteiger partial charge in [-0.1, -0.05) is 29.5 Å². The molecule has 144 valence electrons. The van der Waals surface area contributed by atoms with E-state index in [1.54, 1.807) is 7.05 Å². The van der Waals surface area contributed by atoms with Crippen molar-refractivity contribution in [3.8, 4) is 22.8 Å². The molecule has 0 atom stereocenters. The van der Waals surface area contributed by atoms with Gasteiger partial charge in [0.05, 0.1) is 5.69 Å². The zero-order valence-corrected chi connectivity index (χ0v) is 16.5. The van der Waals surface area contributed by atoms with Crippen molar-refractivity contribution in [2.45, 2.75) is 0 Å². The summed E-state index contributed by atoms with van der Waals surface area (Å²) in [4.78, 5) is 20.1. The van der Waals surface area contributed by atoms with Crippen molar-refractivity contribution >= 4 is 22.4 Å². The summed E-state index contributed by atoms with van der Waals surface area (Å²) in [5.74, 6) is 1.42. The Labute approximate surface area is 168 Å². The maximum atomic E-state index is 12.4. The fourth-order valence-corrected chi connectivity index (χ4v) is 4.15. The van der Waals surface area contributed by atoms with Gasteiger partial charge in [-0.15, -0.1) is 0 Å². The third-order valence-electron chi connectivity index (χ3n) is 4.54. The second kappa shape index (κ2) is 8.41. The van der Waals surface area contributed by atoms with Gasteiger partial charge in [-0.25, -0.2) is 4.98 Å². The smallest absolute Gasteiger partial charge is 0.263 e. The van der Waals surface area contributed by atoms with Crippen LogP contribution in [-0.4, -0.2) is 44.1 Å². The maximum absolute atomic E-state index is 12.4. The number of ether oxygens (including phenoxy) is 1. The largest absolute Gasteiger partial charge is 0.457 e. The summed E-state index contributed by atoms with van der Waals surface area (Å²) in [6.45, 7) is 3.64. The third-order valence-corrected chi connectivity index (χ3v) is 5.66. The molecule has 1 aliphatic heterocycles. The number of amides is 1. The van der Waals surface area contributed by atoms with Crippen molar-refractivity contribution in [1.82, 2.24) is 15.6 Å². The molecule has 0 unspecified atom stereocenters. The number of rotatable bonds is 5. The Morgan fingerprint density at radius 1 is 1.07 bits per heavy atom. The van der Waals surface area contributed by atoms with Gasteiger partial charge < -0.3 is 20.3 Å². The molecule has 1 fully saturated rings. The highest BCUT2D eigenvalue weighted by molar-refractivity contribution is 7.18. The standard InChI is InChI=1S/C21H22N4O2S/c1-22-20(26)19-18(24-21(28-19)25-13-11-23-12-14-25)15-7-9-17(10-8-15)27-16-5-3-2-4-6-16/h2-10,23H,11-14H2,1H3,(H,22,26). The zero-order chi connectivity index (χ0) is 19.3. The molecular weight excluding hydrogens is 372 g/mol. The quantitative estimate of drug-likeness (QED) is 0.695. The number of nitrogens with one attached hydrogen (secondary N) is 2. The van der Waals surface area contributed by atoms with Gasteiger partial charge in [0.1, 0.15) is 16.4 Å². The molecule has 0 radical (unpaired) electrons. The number of para-hydroxylation sites is 1. The lowest BCUT2D eigenvalue weighted by molar-refractivity contribution is 0.0967. The topological polar surface area (TPSA) is 66.5 Å². The highest BCUT2D eigenvalue weighted by Crippen LogP contribution is 2.34. The Morgan fingerprint density at radius 2 is 1.75 bits per heavy atom. The molecule has 0 bridgehead atoms. The van der Waals surface area contributed by atoms with Crippen molar-refractivity contribution < 1.29 is 9.53 Å². The Balaban J connectivity index is 1.61. The molecule has 4 rings (SSSR count). The van der Waals surface area contributed by atoms with Crippen LogP contribution in [0.2, 0.25) is 0 Å².